The predicted octanol–water partition coefficient (Wildman–Crippen LogP) is 4.19. The Labute approximate surface area is 199 Å². The Morgan fingerprint density at radius 3 is 2.30 bits per heavy atom. The summed E-state index contributed by atoms with van der Waals surface area (Å²) >= 11 is 0. The largest absolute Gasteiger partial charge is 0.326 e. The predicted molar refractivity (Wildman–Crippen MR) is 132 cm³/mol. The van der Waals surface area contributed by atoms with Crippen LogP contribution in [0.15, 0.2) is 36.4 Å². The molecule has 2 saturated heterocycles. The molecule has 4 rings (SSSR count). The van der Waals surface area contributed by atoms with E-state index in [0.29, 0.717) is 18.0 Å². The van der Waals surface area contributed by atoms with Crippen LogP contribution in [0.4, 0.5) is 4.79 Å². The average Bonchev–Trinajstić information content (AvgIpc) is 3.05. The number of hydrogen-bond acceptors (Lipinski definition) is 4. The number of rotatable bonds is 7. The number of amides is 3. The summed E-state index contributed by atoms with van der Waals surface area (Å²) in [5, 5.41) is 3.09. The zero-order chi connectivity index (χ0) is 23.5. The van der Waals surface area contributed by atoms with E-state index in [-0.39, 0.29) is 11.9 Å². The number of nitrogens with zero attached hydrogens (tertiary/aromatic N) is 3. The minimum Gasteiger partial charge on any atom is -0.323 e. The van der Waals surface area contributed by atoms with Crippen LogP contribution in [0.5, 0.6) is 0 Å². The summed E-state index contributed by atoms with van der Waals surface area (Å²) in [5.74, 6) is 0.615. The van der Waals surface area contributed by atoms with Crippen molar-refractivity contribution in [1.82, 2.24) is 20.0 Å². The van der Waals surface area contributed by atoms with Gasteiger partial charge in [-0.05, 0) is 42.6 Å². The van der Waals surface area contributed by atoms with Crippen molar-refractivity contribution in [2.45, 2.75) is 58.4 Å². The Kier molecular flexibility index (Phi) is 7.25. The fourth-order valence-electron chi connectivity index (χ4n) is 5.54. The van der Waals surface area contributed by atoms with Crippen molar-refractivity contribution < 1.29 is 9.59 Å². The summed E-state index contributed by atoms with van der Waals surface area (Å²) in [6, 6.07) is 10.1. The van der Waals surface area contributed by atoms with Crippen LogP contribution < -0.4 is 5.32 Å². The Bertz CT molecular complexity index is 850. The van der Waals surface area contributed by atoms with Gasteiger partial charge in [0.1, 0.15) is 5.54 Å². The standard InChI is InChI=1S/C27H40N4O2/c1-4-26(2,3)23-12-14-27(15-13-23)24(32)31(25(33)28-27)21-30-19-17-29(18-20-30)16-8-11-22-9-6-5-7-10-22/h5-11,23H,4,12-21H2,1-3H3,(H,28,33). The maximum Gasteiger partial charge on any atom is 0.326 e. The lowest BCUT2D eigenvalue weighted by Gasteiger charge is -2.42. The van der Waals surface area contributed by atoms with Crippen molar-refractivity contribution in [1.29, 1.82) is 0 Å². The normalized spacial score (nSPS) is 27.6. The third kappa shape index (κ3) is 5.33. The molecule has 0 unspecified atom stereocenters. The van der Waals surface area contributed by atoms with Crippen LogP contribution >= 0.6 is 0 Å². The number of benzene rings is 1. The summed E-state index contributed by atoms with van der Waals surface area (Å²) in [4.78, 5) is 32.2. The lowest BCUT2D eigenvalue weighted by atomic mass is 9.65. The number of hydrogen-bond donors (Lipinski definition) is 1. The summed E-state index contributed by atoms with van der Waals surface area (Å²) in [7, 11) is 0. The van der Waals surface area contributed by atoms with Crippen molar-refractivity contribution in [2.24, 2.45) is 11.3 Å². The van der Waals surface area contributed by atoms with Gasteiger partial charge in [-0.25, -0.2) is 9.69 Å². The van der Waals surface area contributed by atoms with Crippen LogP contribution in [-0.2, 0) is 4.79 Å². The monoisotopic (exact) mass is 452 g/mol. The zero-order valence-electron chi connectivity index (χ0n) is 20.6. The van der Waals surface area contributed by atoms with Crippen LogP contribution in [0, 0.1) is 11.3 Å². The lowest BCUT2D eigenvalue weighted by Crippen LogP contribution is -2.53. The Morgan fingerprint density at radius 1 is 1.03 bits per heavy atom. The number of carbonyl (C=O) groups is 2. The number of carbonyl (C=O) groups excluding carboxylic acids is 2. The smallest absolute Gasteiger partial charge is 0.323 e. The molecule has 0 radical (unpaired) electrons. The molecule has 6 heteroatoms. The molecule has 1 N–H and O–H groups in total. The molecular weight excluding hydrogens is 412 g/mol. The first-order valence-corrected chi connectivity index (χ1v) is 12.6. The number of piperazine rings is 1. The van der Waals surface area contributed by atoms with Gasteiger partial charge in [0.25, 0.3) is 5.91 Å². The molecule has 3 amide bonds. The van der Waals surface area contributed by atoms with Gasteiger partial charge in [-0.2, -0.15) is 0 Å². The molecule has 1 aliphatic carbocycles. The first-order chi connectivity index (χ1) is 15.8. The van der Waals surface area contributed by atoms with Crippen LogP contribution in [0.3, 0.4) is 0 Å². The highest BCUT2D eigenvalue weighted by atomic mass is 16.2. The summed E-state index contributed by atoms with van der Waals surface area (Å²) in [5.41, 5.74) is 0.848. The maximum absolute atomic E-state index is 13.3. The molecule has 2 heterocycles. The van der Waals surface area contributed by atoms with E-state index in [1.165, 1.54) is 10.5 Å². The summed E-state index contributed by atoms with van der Waals surface area (Å²) in [6.45, 7) is 11.9. The number of urea groups is 1. The molecule has 3 fully saturated rings. The molecule has 33 heavy (non-hydrogen) atoms. The Morgan fingerprint density at radius 2 is 1.67 bits per heavy atom. The molecule has 0 bridgehead atoms. The van der Waals surface area contributed by atoms with Gasteiger partial charge >= 0.3 is 6.03 Å². The Balaban J connectivity index is 1.25. The highest BCUT2D eigenvalue weighted by molar-refractivity contribution is 6.07. The van der Waals surface area contributed by atoms with E-state index < -0.39 is 5.54 Å². The fourth-order valence-corrected chi connectivity index (χ4v) is 5.54. The van der Waals surface area contributed by atoms with Crippen molar-refractivity contribution >= 4 is 18.0 Å². The van der Waals surface area contributed by atoms with Crippen molar-refractivity contribution in [3.05, 3.63) is 42.0 Å². The summed E-state index contributed by atoms with van der Waals surface area (Å²) < 4.78 is 0. The summed E-state index contributed by atoms with van der Waals surface area (Å²) in [6.07, 6.45) is 9.07. The molecule has 1 saturated carbocycles. The SMILES string of the molecule is CCC(C)(C)C1CCC2(CC1)NC(=O)N(CN1CCN(CC=Cc3ccccc3)CC1)C2=O. The Hall–Kier alpha value is -2.18. The van der Waals surface area contributed by atoms with E-state index in [0.717, 1.165) is 64.8 Å². The second-order valence-corrected chi connectivity index (χ2v) is 10.7. The molecule has 0 atom stereocenters. The van der Waals surface area contributed by atoms with Gasteiger partial charge < -0.3 is 5.32 Å². The van der Waals surface area contributed by atoms with Crippen molar-refractivity contribution in [2.75, 3.05) is 39.4 Å². The van der Waals surface area contributed by atoms with Crippen LogP contribution in [0.1, 0.15) is 58.4 Å². The molecule has 6 nitrogen and oxygen atoms in total. The highest BCUT2D eigenvalue weighted by Gasteiger charge is 2.53. The third-order valence-electron chi connectivity index (χ3n) is 8.38. The first-order valence-electron chi connectivity index (χ1n) is 12.6. The average molecular weight is 453 g/mol. The first kappa shape index (κ1) is 24.0. The minimum atomic E-state index is -0.665. The molecule has 3 aliphatic rings. The molecule has 1 aromatic carbocycles. The van der Waals surface area contributed by atoms with Gasteiger partial charge in [0.15, 0.2) is 0 Å². The fraction of sp³-hybridized carbons (Fsp3) is 0.630. The number of nitrogens with one attached hydrogen (secondary N) is 1. The molecule has 1 spiro atoms. The molecule has 2 aliphatic heterocycles. The lowest BCUT2D eigenvalue weighted by molar-refractivity contribution is -0.134. The van der Waals surface area contributed by atoms with Gasteiger partial charge in [0.2, 0.25) is 0 Å². The highest BCUT2D eigenvalue weighted by Crippen LogP contribution is 2.45. The van der Waals surface area contributed by atoms with E-state index in [4.69, 9.17) is 0 Å². The third-order valence-corrected chi connectivity index (χ3v) is 8.38. The van der Waals surface area contributed by atoms with Crippen LogP contribution in [0.2, 0.25) is 0 Å². The van der Waals surface area contributed by atoms with E-state index >= 15 is 0 Å². The molecule has 1 aromatic rings. The van der Waals surface area contributed by atoms with Gasteiger partial charge in [0, 0.05) is 32.7 Å². The topological polar surface area (TPSA) is 55.9 Å². The van der Waals surface area contributed by atoms with E-state index in [1.54, 1.807) is 0 Å². The van der Waals surface area contributed by atoms with Crippen LogP contribution in [0.25, 0.3) is 6.08 Å². The molecular formula is C27H40N4O2. The maximum atomic E-state index is 13.3. The van der Waals surface area contributed by atoms with Gasteiger partial charge in [-0.15, -0.1) is 0 Å². The van der Waals surface area contributed by atoms with Gasteiger partial charge in [-0.3, -0.25) is 14.6 Å². The van der Waals surface area contributed by atoms with E-state index in [9.17, 15) is 9.59 Å². The minimum absolute atomic E-state index is 0.00604. The molecule has 180 valence electrons. The zero-order valence-corrected chi connectivity index (χ0v) is 20.6. The quantitative estimate of drug-likeness (QED) is 0.630. The second-order valence-electron chi connectivity index (χ2n) is 10.7. The van der Waals surface area contributed by atoms with E-state index in [2.05, 4.69) is 72.3 Å². The van der Waals surface area contributed by atoms with Crippen molar-refractivity contribution in [3.63, 3.8) is 0 Å². The second kappa shape index (κ2) is 9.98. The van der Waals surface area contributed by atoms with Gasteiger partial charge in [-0.1, -0.05) is 69.7 Å². The van der Waals surface area contributed by atoms with Crippen molar-refractivity contribution in [3.8, 4) is 0 Å². The number of imide groups is 1. The van der Waals surface area contributed by atoms with Crippen LogP contribution in [-0.4, -0.2) is 71.6 Å². The van der Waals surface area contributed by atoms with E-state index in [1.807, 2.05) is 6.07 Å². The molecule has 0 aromatic heterocycles. The van der Waals surface area contributed by atoms with Gasteiger partial charge in [0.05, 0.1) is 6.67 Å².